The Morgan fingerprint density at radius 2 is 2.05 bits per heavy atom. The Balaban J connectivity index is 1.88. The number of nitrogens with two attached hydrogens (primary N) is 1. The van der Waals surface area contributed by atoms with Gasteiger partial charge in [0.15, 0.2) is 0 Å². The average Bonchev–Trinajstić information content (AvgIpc) is 2.88. The van der Waals surface area contributed by atoms with Crippen LogP contribution >= 0.6 is 0 Å². The number of nitrogens with zero attached hydrogens (tertiary/aromatic N) is 3. The quantitative estimate of drug-likeness (QED) is 0.905. The molecule has 2 aromatic rings. The lowest BCUT2D eigenvalue weighted by Gasteiger charge is -2.35. The van der Waals surface area contributed by atoms with E-state index in [-0.39, 0.29) is 0 Å². The summed E-state index contributed by atoms with van der Waals surface area (Å²) in [6.45, 7) is 4.73. The lowest BCUT2D eigenvalue weighted by molar-refractivity contribution is 0.194. The van der Waals surface area contributed by atoms with Crippen LogP contribution in [0.25, 0.3) is 11.3 Å². The molecule has 4 nitrogen and oxygen atoms in total. The van der Waals surface area contributed by atoms with E-state index in [9.17, 15) is 0 Å². The van der Waals surface area contributed by atoms with Gasteiger partial charge in [-0.25, -0.2) is 9.97 Å². The summed E-state index contributed by atoms with van der Waals surface area (Å²) >= 11 is 0. The number of hydrogen-bond donors (Lipinski definition) is 1. The SMILES string of the molecule is CC1(C)CCC(n2cncc2-c2ccnc(N)c2)CC1. The third-order valence-corrected chi connectivity index (χ3v) is 4.44. The maximum absolute atomic E-state index is 5.79. The first-order chi connectivity index (χ1) is 9.55. The third-order valence-electron chi connectivity index (χ3n) is 4.44. The predicted octanol–water partition coefficient (Wildman–Crippen LogP) is 3.67. The zero-order valence-electron chi connectivity index (χ0n) is 12.2. The van der Waals surface area contributed by atoms with Crippen molar-refractivity contribution in [3.8, 4) is 11.3 Å². The lowest BCUT2D eigenvalue weighted by atomic mass is 9.75. The van der Waals surface area contributed by atoms with Gasteiger partial charge in [0.2, 0.25) is 0 Å². The van der Waals surface area contributed by atoms with E-state index in [0.717, 1.165) is 11.3 Å². The van der Waals surface area contributed by atoms with E-state index in [1.165, 1.54) is 25.7 Å². The average molecular weight is 270 g/mol. The molecule has 20 heavy (non-hydrogen) atoms. The van der Waals surface area contributed by atoms with Gasteiger partial charge in [-0.1, -0.05) is 13.8 Å². The Bertz CT molecular complexity index is 590. The molecular weight excluding hydrogens is 248 g/mol. The van der Waals surface area contributed by atoms with Gasteiger partial charge in [-0.15, -0.1) is 0 Å². The molecule has 0 unspecified atom stereocenters. The fraction of sp³-hybridized carbons (Fsp3) is 0.500. The predicted molar refractivity (Wildman–Crippen MR) is 81.2 cm³/mol. The fourth-order valence-electron chi connectivity index (χ4n) is 3.09. The summed E-state index contributed by atoms with van der Waals surface area (Å²) in [7, 11) is 0. The summed E-state index contributed by atoms with van der Waals surface area (Å²) in [5.41, 5.74) is 8.51. The fourth-order valence-corrected chi connectivity index (χ4v) is 3.09. The van der Waals surface area contributed by atoms with Gasteiger partial charge >= 0.3 is 0 Å². The van der Waals surface area contributed by atoms with E-state index in [2.05, 4.69) is 28.4 Å². The number of rotatable bonds is 2. The van der Waals surface area contributed by atoms with Gasteiger partial charge in [-0.05, 0) is 43.2 Å². The molecule has 0 spiro atoms. The maximum Gasteiger partial charge on any atom is 0.123 e. The van der Waals surface area contributed by atoms with Crippen LogP contribution < -0.4 is 5.73 Å². The third kappa shape index (κ3) is 2.55. The molecule has 0 radical (unpaired) electrons. The first-order valence-electron chi connectivity index (χ1n) is 7.29. The molecule has 2 heterocycles. The monoisotopic (exact) mass is 270 g/mol. The molecule has 0 atom stereocenters. The first-order valence-corrected chi connectivity index (χ1v) is 7.29. The van der Waals surface area contributed by atoms with Gasteiger partial charge in [-0.2, -0.15) is 0 Å². The van der Waals surface area contributed by atoms with Gasteiger partial charge in [0, 0.05) is 17.8 Å². The van der Waals surface area contributed by atoms with E-state index < -0.39 is 0 Å². The second kappa shape index (κ2) is 4.93. The Morgan fingerprint density at radius 3 is 2.75 bits per heavy atom. The molecule has 0 saturated heterocycles. The van der Waals surface area contributed by atoms with Crippen molar-refractivity contribution in [3.05, 3.63) is 30.9 Å². The molecule has 106 valence electrons. The number of pyridine rings is 1. The van der Waals surface area contributed by atoms with Crippen LogP contribution in [-0.4, -0.2) is 14.5 Å². The molecule has 0 aliphatic heterocycles. The molecule has 1 aliphatic rings. The van der Waals surface area contributed by atoms with Gasteiger partial charge in [-0.3, -0.25) is 0 Å². The lowest BCUT2D eigenvalue weighted by Crippen LogP contribution is -2.23. The normalized spacial score (nSPS) is 19.1. The van der Waals surface area contributed by atoms with Gasteiger partial charge in [0.1, 0.15) is 5.82 Å². The standard InChI is InChI=1S/C16H22N4/c1-16(2)6-3-13(4-7-16)20-11-18-10-14(20)12-5-8-19-15(17)9-12/h5,8-11,13H,3-4,6-7H2,1-2H3,(H2,17,19). The largest absolute Gasteiger partial charge is 0.384 e. The molecule has 2 aromatic heterocycles. The molecular formula is C16H22N4. The summed E-state index contributed by atoms with van der Waals surface area (Å²) in [4.78, 5) is 8.40. The summed E-state index contributed by atoms with van der Waals surface area (Å²) in [6, 6.07) is 4.46. The van der Waals surface area contributed by atoms with Crippen LogP contribution in [0.2, 0.25) is 0 Å². The minimum Gasteiger partial charge on any atom is -0.384 e. The van der Waals surface area contributed by atoms with Crippen LogP contribution in [0.3, 0.4) is 0 Å². The highest BCUT2D eigenvalue weighted by molar-refractivity contribution is 5.61. The van der Waals surface area contributed by atoms with Crippen molar-refractivity contribution in [1.82, 2.24) is 14.5 Å². The van der Waals surface area contributed by atoms with Crippen LogP contribution in [0.4, 0.5) is 5.82 Å². The smallest absolute Gasteiger partial charge is 0.123 e. The second-order valence-corrected chi connectivity index (χ2v) is 6.55. The Labute approximate surface area is 120 Å². The topological polar surface area (TPSA) is 56.7 Å². The molecule has 0 bridgehead atoms. The molecule has 1 saturated carbocycles. The Hall–Kier alpha value is -1.84. The van der Waals surface area contributed by atoms with Crippen molar-refractivity contribution in [2.45, 2.75) is 45.6 Å². The Kier molecular flexibility index (Phi) is 3.24. The Morgan fingerprint density at radius 1 is 1.30 bits per heavy atom. The van der Waals surface area contributed by atoms with E-state index in [1.807, 2.05) is 24.7 Å². The number of nitrogen functional groups attached to an aromatic ring is 1. The van der Waals surface area contributed by atoms with Crippen LogP contribution in [0.5, 0.6) is 0 Å². The summed E-state index contributed by atoms with van der Waals surface area (Å²) in [5.74, 6) is 0.556. The van der Waals surface area contributed by atoms with Crippen LogP contribution in [0, 0.1) is 5.41 Å². The highest BCUT2D eigenvalue weighted by Crippen LogP contribution is 2.41. The zero-order valence-corrected chi connectivity index (χ0v) is 12.2. The minimum atomic E-state index is 0.484. The zero-order chi connectivity index (χ0) is 14.2. The van der Waals surface area contributed by atoms with Gasteiger partial charge < -0.3 is 10.3 Å². The summed E-state index contributed by atoms with van der Waals surface area (Å²) in [5, 5.41) is 0. The van der Waals surface area contributed by atoms with Crippen LogP contribution in [0.1, 0.15) is 45.6 Å². The molecule has 1 aliphatic carbocycles. The van der Waals surface area contributed by atoms with Crippen molar-refractivity contribution in [1.29, 1.82) is 0 Å². The minimum absolute atomic E-state index is 0.484. The van der Waals surface area contributed by atoms with Gasteiger partial charge in [0.05, 0.1) is 18.2 Å². The number of hydrogen-bond acceptors (Lipinski definition) is 3. The molecule has 3 rings (SSSR count). The number of imidazole rings is 1. The summed E-state index contributed by atoms with van der Waals surface area (Å²) < 4.78 is 2.31. The molecule has 0 amide bonds. The van der Waals surface area contributed by atoms with E-state index in [4.69, 9.17) is 5.73 Å². The first kappa shape index (κ1) is 13.2. The second-order valence-electron chi connectivity index (χ2n) is 6.55. The van der Waals surface area contributed by atoms with Crippen molar-refractivity contribution in [3.63, 3.8) is 0 Å². The molecule has 1 fully saturated rings. The van der Waals surface area contributed by atoms with Crippen molar-refractivity contribution in [2.75, 3.05) is 5.73 Å². The molecule has 2 N–H and O–H groups in total. The van der Waals surface area contributed by atoms with Crippen molar-refractivity contribution >= 4 is 5.82 Å². The van der Waals surface area contributed by atoms with Crippen LogP contribution in [0.15, 0.2) is 30.9 Å². The van der Waals surface area contributed by atoms with E-state index >= 15 is 0 Å². The highest BCUT2D eigenvalue weighted by Gasteiger charge is 2.28. The number of aromatic nitrogens is 3. The highest BCUT2D eigenvalue weighted by atomic mass is 15.1. The van der Waals surface area contributed by atoms with Gasteiger partial charge in [0.25, 0.3) is 0 Å². The van der Waals surface area contributed by atoms with E-state index in [1.54, 1.807) is 6.20 Å². The van der Waals surface area contributed by atoms with Crippen LogP contribution in [-0.2, 0) is 0 Å². The maximum atomic E-state index is 5.79. The van der Waals surface area contributed by atoms with E-state index in [0.29, 0.717) is 17.3 Å². The van der Waals surface area contributed by atoms with Crippen molar-refractivity contribution < 1.29 is 0 Å². The summed E-state index contributed by atoms with van der Waals surface area (Å²) in [6.07, 6.45) is 10.6. The molecule has 4 heteroatoms. The van der Waals surface area contributed by atoms with Crippen molar-refractivity contribution in [2.24, 2.45) is 5.41 Å². The molecule has 0 aromatic carbocycles. The number of anilines is 1.